The topological polar surface area (TPSA) is 96.2 Å². The summed E-state index contributed by atoms with van der Waals surface area (Å²) < 4.78 is 2.26. The molecule has 1 aromatic rings. The highest BCUT2D eigenvalue weighted by Crippen LogP contribution is 2.14. The summed E-state index contributed by atoms with van der Waals surface area (Å²) in [5, 5.41) is 18.0. The molecule has 0 saturated carbocycles. The molecule has 0 aromatic carbocycles. The summed E-state index contributed by atoms with van der Waals surface area (Å²) in [6.07, 6.45) is 5.45. The number of nitrogens with zero attached hydrogens (tertiary/aromatic N) is 4. The molecule has 3 N–H and O–H groups in total. The molecule has 0 radical (unpaired) electrons. The zero-order valence-corrected chi connectivity index (χ0v) is 19.3. The van der Waals surface area contributed by atoms with Crippen molar-refractivity contribution in [3.63, 3.8) is 0 Å². The molecule has 1 aliphatic heterocycles. The first-order chi connectivity index (χ1) is 12.4. The van der Waals surface area contributed by atoms with Crippen molar-refractivity contribution in [2.45, 2.75) is 71.9 Å². The lowest BCUT2D eigenvalue weighted by Gasteiger charge is -2.20. The first-order valence-electron chi connectivity index (χ1n) is 9.63. The van der Waals surface area contributed by atoms with Gasteiger partial charge in [0.1, 0.15) is 18.2 Å². The number of aryl methyl sites for hydroxylation is 1. The number of hydrogen-bond donors (Lipinski definition) is 3. The van der Waals surface area contributed by atoms with E-state index in [2.05, 4.69) is 35.7 Å². The van der Waals surface area contributed by atoms with Crippen LogP contribution in [0, 0.1) is 0 Å². The molecule has 1 amide bonds. The van der Waals surface area contributed by atoms with E-state index in [0.29, 0.717) is 12.5 Å². The molecule has 2 rings (SSSR count). The Labute approximate surface area is 179 Å². The zero-order valence-electron chi connectivity index (χ0n) is 17.0. The SMILES string of the molecule is CCNC(=NCC(=O)NC(C)(C)C)NCCc1nnc2n1CCCCC2.I. The van der Waals surface area contributed by atoms with Gasteiger partial charge in [0.05, 0.1) is 0 Å². The molecule has 0 atom stereocenters. The minimum Gasteiger partial charge on any atom is -0.357 e. The summed E-state index contributed by atoms with van der Waals surface area (Å²) in [6.45, 7) is 10.4. The molecule has 0 spiro atoms. The van der Waals surface area contributed by atoms with Crippen LogP contribution in [0.25, 0.3) is 0 Å². The van der Waals surface area contributed by atoms with Crippen LogP contribution in [0.1, 0.15) is 58.6 Å². The van der Waals surface area contributed by atoms with Gasteiger partial charge >= 0.3 is 0 Å². The zero-order chi connectivity index (χ0) is 19.0. The Morgan fingerprint density at radius 3 is 2.67 bits per heavy atom. The number of fused-ring (bicyclic) bond motifs is 1. The number of rotatable bonds is 6. The number of amides is 1. The normalized spacial score (nSPS) is 14.6. The average molecular weight is 491 g/mol. The lowest BCUT2D eigenvalue weighted by atomic mass is 10.1. The van der Waals surface area contributed by atoms with Crippen LogP contribution < -0.4 is 16.0 Å². The summed E-state index contributed by atoms with van der Waals surface area (Å²) in [5.41, 5.74) is -0.246. The fraction of sp³-hybridized carbons (Fsp3) is 0.778. The Morgan fingerprint density at radius 2 is 1.96 bits per heavy atom. The van der Waals surface area contributed by atoms with E-state index < -0.39 is 0 Å². The Hall–Kier alpha value is -1.39. The third-order valence-electron chi connectivity index (χ3n) is 4.07. The van der Waals surface area contributed by atoms with Gasteiger partial charge in [-0.15, -0.1) is 34.2 Å². The van der Waals surface area contributed by atoms with Gasteiger partial charge in [-0.25, -0.2) is 4.99 Å². The Kier molecular flexibility index (Phi) is 10.0. The van der Waals surface area contributed by atoms with Gasteiger partial charge in [0.15, 0.2) is 5.96 Å². The predicted octanol–water partition coefficient (Wildman–Crippen LogP) is 1.63. The maximum absolute atomic E-state index is 11.9. The quantitative estimate of drug-likeness (QED) is 0.320. The van der Waals surface area contributed by atoms with E-state index in [1.807, 2.05) is 27.7 Å². The van der Waals surface area contributed by atoms with Gasteiger partial charge in [0, 0.05) is 38.0 Å². The maximum Gasteiger partial charge on any atom is 0.242 e. The van der Waals surface area contributed by atoms with Crippen LogP contribution in [0.5, 0.6) is 0 Å². The molecular formula is C18H34IN7O. The third-order valence-corrected chi connectivity index (χ3v) is 4.07. The van der Waals surface area contributed by atoms with E-state index in [0.717, 1.165) is 37.6 Å². The van der Waals surface area contributed by atoms with Crippen LogP contribution in [-0.2, 0) is 24.2 Å². The second kappa shape index (κ2) is 11.5. The van der Waals surface area contributed by atoms with Crippen molar-refractivity contribution < 1.29 is 4.79 Å². The Morgan fingerprint density at radius 1 is 1.19 bits per heavy atom. The molecule has 1 aliphatic rings. The lowest BCUT2D eigenvalue weighted by Crippen LogP contribution is -2.43. The van der Waals surface area contributed by atoms with Gasteiger partial charge in [-0.1, -0.05) is 6.42 Å². The van der Waals surface area contributed by atoms with E-state index >= 15 is 0 Å². The molecule has 2 heterocycles. The van der Waals surface area contributed by atoms with Crippen molar-refractivity contribution in [2.24, 2.45) is 4.99 Å². The summed E-state index contributed by atoms with van der Waals surface area (Å²) in [6, 6.07) is 0. The Balaban J connectivity index is 0.00000364. The minimum atomic E-state index is -0.246. The number of carbonyl (C=O) groups is 1. The number of carbonyl (C=O) groups excluding carboxylic acids is 1. The molecule has 27 heavy (non-hydrogen) atoms. The maximum atomic E-state index is 11.9. The molecule has 154 valence electrons. The van der Waals surface area contributed by atoms with Gasteiger partial charge in [0.2, 0.25) is 5.91 Å². The smallest absolute Gasteiger partial charge is 0.242 e. The molecule has 8 nitrogen and oxygen atoms in total. The second-order valence-electron chi connectivity index (χ2n) is 7.66. The van der Waals surface area contributed by atoms with Crippen molar-refractivity contribution in [3.8, 4) is 0 Å². The van der Waals surface area contributed by atoms with E-state index in [-0.39, 0.29) is 42.0 Å². The first-order valence-corrected chi connectivity index (χ1v) is 9.63. The van der Waals surface area contributed by atoms with E-state index in [1.54, 1.807) is 0 Å². The minimum absolute atomic E-state index is 0. The fourth-order valence-electron chi connectivity index (χ4n) is 2.97. The molecule has 1 aromatic heterocycles. The lowest BCUT2D eigenvalue weighted by molar-refractivity contribution is -0.121. The van der Waals surface area contributed by atoms with Gasteiger partial charge < -0.3 is 20.5 Å². The monoisotopic (exact) mass is 491 g/mol. The van der Waals surface area contributed by atoms with Crippen molar-refractivity contribution in [1.82, 2.24) is 30.7 Å². The van der Waals surface area contributed by atoms with Crippen LogP contribution in [0.2, 0.25) is 0 Å². The number of aromatic nitrogens is 3. The van der Waals surface area contributed by atoms with Crippen molar-refractivity contribution in [1.29, 1.82) is 0 Å². The third kappa shape index (κ3) is 8.44. The summed E-state index contributed by atoms with van der Waals surface area (Å²) in [5.74, 6) is 2.69. The highest BCUT2D eigenvalue weighted by atomic mass is 127. The fourth-order valence-corrected chi connectivity index (χ4v) is 2.97. The summed E-state index contributed by atoms with van der Waals surface area (Å²) in [4.78, 5) is 16.3. The first kappa shape index (κ1) is 23.6. The highest BCUT2D eigenvalue weighted by Gasteiger charge is 2.15. The summed E-state index contributed by atoms with van der Waals surface area (Å²) in [7, 11) is 0. The van der Waals surface area contributed by atoms with Crippen LogP contribution in [0.15, 0.2) is 4.99 Å². The number of guanidine groups is 1. The molecule has 9 heteroatoms. The molecular weight excluding hydrogens is 457 g/mol. The molecule has 0 saturated heterocycles. The van der Waals surface area contributed by atoms with E-state index in [1.165, 1.54) is 19.3 Å². The van der Waals surface area contributed by atoms with Crippen LogP contribution in [0.4, 0.5) is 0 Å². The molecule has 0 bridgehead atoms. The largest absolute Gasteiger partial charge is 0.357 e. The standard InChI is InChI=1S/C18H33N7O.HI/c1-5-19-17(21-13-16(26)22-18(2,3)4)20-11-10-15-24-23-14-9-7-6-8-12-25(14)15;/h5-13H2,1-4H3,(H,22,26)(H2,19,20,21);1H. The van der Waals surface area contributed by atoms with Gasteiger partial charge in [-0.3, -0.25) is 4.79 Å². The van der Waals surface area contributed by atoms with E-state index in [9.17, 15) is 4.79 Å². The number of halogens is 1. The summed E-state index contributed by atoms with van der Waals surface area (Å²) >= 11 is 0. The van der Waals surface area contributed by atoms with Gasteiger partial charge in [-0.05, 0) is 40.5 Å². The molecule has 0 unspecified atom stereocenters. The predicted molar refractivity (Wildman–Crippen MR) is 119 cm³/mol. The second-order valence-corrected chi connectivity index (χ2v) is 7.66. The van der Waals surface area contributed by atoms with Crippen molar-refractivity contribution in [2.75, 3.05) is 19.6 Å². The van der Waals surface area contributed by atoms with Crippen LogP contribution in [0.3, 0.4) is 0 Å². The highest BCUT2D eigenvalue weighted by molar-refractivity contribution is 14.0. The number of hydrogen-bond acceptors (Lipinski definition) is 4. The average Bonchev–Trinajstić information content (AvgIpc) is 2.78. The van der Waals surface area contributed by atoms with Crippen LogP contribution in [-0.4, -0.2) is 51.8 Å². The molecule has 0 fully saturated rings. The van der Waals surface area contributed by atoms with Gasteiger partial charge in [0.25, 0.3) is 0 Å². The Bertz CT molecular complexity index is 622. The number of nitrogens with one attached hydrogen (secondary N) is 3. The molecule has 0 aliphatic carbocycles. The van der Waals surface area contributed by atoms with Gasteiger partial charge in [-0.2, -0.15) is 0 Å². The van der Waals surface area contributed by atoms with Crippen LogP contribution >= 0.6 is 24.0 Å². The number of aliphatic imine (C=N–C) groups is 1. The van der Waals surface area contributed by atoms with E-state index in [4.69, 9.17) is 0 Å². The van der Waals surface area contributed by atoms with Crippen molar-refractivity contribution >= 4 is 35.8 Å². The van der Waals surface area contributed by atoms with Crippen molar-refractivity contribution in [3.05, 3.63) is 11.6 Å².